The second-order valence-corrected chi connectivity index (χ2v) is 5.98. The summed E-state index contributed by atoms with van der Waals surface area (Å²) in [7, 11) is 0. The number of carbonyl (C=O) groups is 1. The number of rotatable bonds is 6. The maximum atomic E-state index is 12.7. The topological polar surface area (TPSA) is 85.5 Å². The number of hydrogen-bond donors (Lipinski definition) is 1. The standard InChI is InChI=1S/C19H15F3N2O4/c1-11-23-24-18(27-11)15(10-17(25)26)13-6-4-5-12(9-13)14-7-2-3-8-16(14)28-19(20,21)22/h2-9,15H,10H2,1H3,(H,25,26). The van der Waals surface area contributed by atoms with Gasteiger partial charge in [0, 0.05) is 12.5 Å². The zero-order valence-corrected chi connectivity index (χ0v) is 14.6. The second-order valence-electron chi connectivity index (χ2n) is 5.98. The van der Waals surface area contributed by atoms with E-state index in [1.54, 1.807) is 37.3 Å². The number of aliphatic carboxylic acids is 1. The van der Waals surface area contributed by atoms with Gasteiger partial charge in [0.05, 0.1) is 12.3 Å². The third-order valence-corrected chi connectivity index (χ3v) is 3.93. The van der Waals surface area contributed by atoms with Crippen molar-refractivity contribution >= 4 is 5.97 Å². The number of benzene rings is 2. The van der Waals surface area contributed by atoms with Gasteiger partial charge in [0.25, 0.3) is 0 Å². The first-order valence-electron chi connectivity index (χ1n) is 8.20. The van der Waals surface area contributed by atoms with E-state index in [0.29, 0.717) is 11.1 Å². The van der Waals surface area contributed by atoms with Crippen LogP contribution in [0.4, 0.5) is 13.2 Å². The van der Waals surface area contributed by atoms with Gasteiger partial charge in [0.2, 0.25) is 11.8 Å². The molecule has 6 nitrogen and oxygen atoms in total. The van der Waals surface area contributed by atoms with Crippen LogP contribution < -0.4 is 4.74 Å². The first kappa shape index (κ1) is 19.4. The minimum Gasteiger partial charge on any atom is -0.481 e. The molecule has 0 aliphatic heterocycles. The highest BCUT2D eigenvalue weighted by atomic mass is 19.4. The first-order valence-corrected chi connectivity index (χ1v) is 8.20. The summed E-state index contributed by atoms with van der Waals surface area (Å²) < 4.78 is 47.6. The monoisotopic (exact) mass is 392 g/mol. The van der Waals surface area contributed by atoms with Crippen molar-refractivity contribution in [3.8, 4) is 16.9 Å². The normalized spacial score (nSPS) is 12.6. The Morgan fingerprint density at radius 1 is 1.18 bits per heavy atom. The summed E-state index contributed by atoms with van der Waals surface area (Å²) in [5.74, 6) is -1.76. The first-order chi connectivity index (χ1) is 13.2. The van der Waals surface area contributed by atoms with E-state index in [9.17, 15) is 23.1 Å². The highest BCUT2D eigenvalue weighted by Crippen LogP contribution is 2.36. The molecule has 146 valence electrons. The van der Waals surface area contributed by atoms with E-state index < -0.39 is 18.2 Å². The number of ether oxygens (including phenoxy) is 1. The Morgan fingerprint density at radius 2 is 1.93 bits per heavy atom. The molecule has 1 N–H and O–H groups in total. The number of nitrogens with zero attached hydrogens (tertiary/aromatic N) is 2. The van der Waals surface area contributed by atoms with E-state index in [2.05, 4.69) is 14.9 Å². The number of alkyl halides is 3. The summed E-state index contributed by atoms with van der Waals surface area (Å²) in [5, 5.41) is 16.8. The van der Waals surface area contributed by atoms with Crippen LogP contribution in [0.3, 0.4) is 0 Å². The molecule has 0 spiro atoms. The van der Waals surface area contributed by atoms with Crippen LogP contribution in [0.2, 0.25) is 0 Å². The summed E-state index contributed by atoms with van der Waals surface area (Å²) >= 11 is 0. The lowest BCUT2D eigenvalue weighted by atomic mass is 9.92. The highest BCUT2D eigenvalue weighted by Gasteiger charge is 2.32. The minimum atomic E-state index is -4.83. The molecule has 1 heterocycles. The summed E-state index contributed by atoms with van der Waals surface area (Å²) in [6, 6.07) is 12.2. The molecule has 3 aromatic rings. The van der Waals surface area contributed by atoms with Crippen LogP contribution in [0.5, 0.6) is 5.75 Å². The number of aryl methyl sites for hydroxylation is 1. The Hall–Kier alpha value is -3.36. The van der Waals surface area contributed by atoms with E-state index in [1.165, 1.54) is 18.2 Å². The largest absolute Gasteiger partial charge is 0.573 e. The van der Waals surface area contributed by atoms with Crippen molar-refractivity contribution in [1.29, 1.82) is 0 Å². The molecule has 9 heteroatoms. The lowest BCUT2D eigenvalue weighted by Gasteiger charge is -2.16. The van der Waals surface area contributed by atoms with Crippen molar-refractivity contribution in [3.05, 3.63) is 65.9 Å². The van der Waals surface area contributed by atoms with Crippen LogP contribution in [0.1, 0.15) is 29.7 Å². The van der Waals surface area contributed by atoms with Crippen molar-refractivity contribution in [1.82, 2.24) is 10.2 Å². The van der Waals surface area contributed by atoms with Gasteiger partial charge in [-0.05, 0) is 17.2 Å². The van der Waals surface area contributed by atoms with Gasteiger partial charge >= 0.3 is 12.3 Å². The molecule has 0 amide bonds. The Bertz CT molecular complexity index is 985. The molecule has 1 aromatic heterocycles. The number of carboxylic acid groups (broad SMARTS) is 1. The van der Waals surface area contributed by atoms with Crippen LogP contribution in [0.15, 0.2) is 52.9 Å². The van der Waals surface area contributed by atoms with Gasteiger partial charge in [-0.1, -0.05) is 42.5 Å². The Kier molecular flexibility index (Phi) is 5.34. The smallest absolute Gasteiger partial charge is 0.481 e. The van der Waals surface area contributed by atoms with Gasteiger partial charge < -0.3 is 14.3 Å². The number of para-hydroxylation sites is 1. The molecule has 0 aliphatic carbocycles. The maximum absolute atomic E-state index is 12.7. The van der Waals surface area contributed by atoms with Crippen LogP contribution in [-0.4, -0.2) is 27.6 Å². The fourth-order valence-corrected chi connectivity index (χ4v) is 2.82. The summed E-state index contributed by atoms with van der Waals surface area (Å²) in [4.78, 5) is 11.3. The molecule has 0 bridgehead atoms. The molecule has 0 aliphatic rings. The minimum absolute atomic E-state index is 0.122. The zero-order valence-electron chi connectivity index (χ0n) is 14.6. The maximum Gasteiger partial charge on any atom is 0.573 e. The fraction of sp³-hybridized carbons (Fsp3) is 0.211. The predicted octanol–water partition coefficient (Wildman–Crippen LogP) is 4.55. The molecular weight excluding hydrogens is 377 g/mol. The summed E-state index contributed by atoms with van der Waals surface area (Å²) in [6.45, 7) is 1.58. The lowest BCUT2D eigenvalue weighted by molar-refractivity contribution is -0.274. The number of hydrogen-bond acceptors (Lipinski definition) is 5. The van der Waals surface area contributed by atoms with Gasteiger partial charge in [-0.25, -0.2) is 0 Å². The zero-order chi connectivity index (χ0) is 20.3. The molecule has 28 heavy (non-hydrogen) atoms. The molecule has 1 unspecified atom stereocenters. The van der Waals surface area contributed by atoms with Crippen molar-refractivity contribution in [2.45, 2.75) is 25.6 Å². The van der Waals surface area contributed by atoms with Crippen molar-refractivity contribution in [2.75, 3.05) is 0 Å². The van der Waals surface area contributed by atoms with Gasteiger partial charge in [-0.15, -0.1) is 23.4 Å². The van der Waals surface area contributed by atoms with Crippen molar-refractivity contribution in [2.24, 2.45) is 0 Å². The molecule has 2 aromatic carbocycles. The third kappa shape index (κ3) is 4.67. The van der Waals surface area contributed by atoms with E-state index in [4.69, 9.17) is 4.42 Å². The quantitative estimate of drug-likeness (QED) is 0.662. The molecule has 0 radical (unpaired) electrons. The highest BCUT2D eigenvalue weighted by molar-refractivity contribution is 5.72. The van der Waals surface area contributed by atoms with Gasteiger partial charge in [-0.3, -0.25) is 4.79 Å². The second kappa shape index (κ2) is 7.71. The van der Waals surface area contributed by atoms with E-state index in [-0.39, 0.29) is 29.5 Å². The van der Waals surface area contributed by atoms with Gasteiger partial charge in [0.15, 0.2) is 0 Å². The molecule has 0 saturated carbocycles. The van der Waals surface area contributed by atoms with E-state index >= 15 is 0 Å². The van der Waals surface area contributed by atoms with Crippen molar-refractivity contribution < 1.29 is 32.2 Å². The number of aromatic nitrogens is 2. The third-order valence-electron chi connectivity index (χ3n) is 3.93. The van der Waals surface area contributed by atoms with Crippen molar-refractivity contribution in [3.63, 3.8) is 0 Å². The van der Waals surface area contributed by atoms with Crippen LogP contribution in [0.25, 0.3) is 11.1 Å². The average Bonchev–Trinajstić information content (AvgIpc) is 3.05. The van der Waals surface area contributed by atoms with Crippen LogP contribution >= 0.6 is 0 Å². The van der Waals surface area contributed by atoms with Crippen LogP contribution in [0, 0.1) is 6.92 Å². The Balaban J connectivity index is 2.03. The fourth-order valence-electron chi connectivity index (χ4n) is 2.82. The van der Waals surface area contributed by atoms with Crippen LogP contribution in [-0.2, 0) is 4.79 Å². The molecule has 0 fully saturated rings. The summed E-state index contributed by atoms with van der Waals surface area (Å²) in [6.07, 6.45) is -5.15. The predicted molar refractivity (Wildman–Crippen MR) is 91.7 cm³/mol. The van der Waals surface area contributed by atoms with E-state index in [1.807, 2.05) is 0 Å². The lowest BCUT2D eigenvalue weighted by Crippen LogP contribution is -2.17. The number of halogens is 3. The molecule has 0 saturated heterocycles. The SMILES string of the molecule is Cc1nnc(C(CC(=O)O)c2cccc(-c3ccccc3OC(F)(F)F)c2)o1. The molecule has 3 rings (SSSR count). The van der Waals surface area contributed by atoms with Gasteiger partial charge in [0.1, 0.15) is 5.75 Å². The number of carboxylic acids is 1. The Morgan fingerprint density at radius 3 is 2.57 bits per heavy atom. The molecular formula is C19H15F3N2O4. The summed E-state index contributed by atoms with van der Waals surface area (Å²) in [5.41, 5.74) is 1.17. The Labute approximate surface area is 157 Å². The van der Waals surface area contributed by atoms with Gasteiger partial charge in [-0.2, -0.15) is 0 Å². The van der Waals surface area contributed by atoms with E-state index in [0.717, 1.165) is 0 Å². The molecule has 1 atom stereocenters. The average molecular weight is 392 g/mol.